The molecule has 0 fully saturated rings. The zero-order chi connectivity index (χ0) is 18.0. The van der Waals surface area contributed by atoms with Gasteiger partial charge >= 0.3 is 159 Å². The summed E-state index contributed by atoms with van der Waals surface area (Å²) in [6.07, 6.45) is 0. The molecule has 0 saturated heterocycles. The Kier molecular flexibility index (Phi) is 5.32. The molecule has 0 saturated carbocycles. The Balaban J connectivity index is 1.99. The van der Waals surface area contributed by atoms with Gasteiger partial charge in [-0.25, -0.2) is 0 Å². The second-order valence-corrected chi connectivity index (χ2v) is 9.50. The van der Waals surface area contributed by atoms with E-state index in [2.05, 4.69) is 58.3 Å². The van der Waals surface area contributed by atoms with Crippen LogP contribution >= 0.6 is 0 Å². The van der Waals surface area contributed by atoms with E-state index in [0.29, 0.717) is 0 Å². The molecular weight excluding hydrogens is 424 g/mol. The van der Waals surface area contributed by atoms with Crippen molar-refractivity contribution < 1.29 is 0 Å². The first-order valence-electron chi connectivity index (χ1n) is 8.15. The van der Waals surface area contributed by atoms with E-state index >= 15 is 0 Å². The number of benzene rings is 2. The Morgan fingerprint density at radius 3 is 1.32 bits per heavy atom. The number of anilines is 2. The minimum atomic E-state index is -0.588. The summed E-state index contributed by atoms with van der Waals surface area (Å²) in [5.74, 6) is 0. The van der Waals surface area contributed by atoms with E-state index in [0.717, 1.165) is 11.1 Å². The fraction of sp³-hybridized carbons (Fsp3) is 0.190. The van der Waals surface area contributed by atoms with E-state index in [1.807, 2.05) is 40.3 Å². The Morgan fingerprint density at radius 2 is 1.00 bits per heavy atom. The molecule has 0 aliphatic rings. The van der Waals surface area contributed by atoms with Gasteiger partial charge in [-0.3, -0.25) is 0 Å². The van der Waals surface area contributed by atoms with Gasteiger partial charge in [-0.05, 0) is 0 Å². The predicted octanol–water partition coefficient (Wildman–Crippen LogP) is 3.57. The average molecular weight is 446 g/mol. The summed E-state index contributed by atoms with van der Waals surface area (Å²) < 4.78 is 2.41. The van der Waals surface area contributed by atoms with Gasteiger partial charge in [0.1, 0.15) is 0 Å². The van der Waals surface area contributed by atoms with Gasteiger partial charge in [0.15, 0.2) is 0 Å². The topological polar surface area (TPSA) is 23.6 Å². The zero-order valence-corrected chi connectivity index (χ0v) is 17.3. The molecule has 1 heterocycles. The molecular formula is C21H22N2OTe. The molecule has 0 aliphatic carbocycles. The van der Waals surface area contributed by atoms with Crippen LogP contribution in [0.3, 0.4) is 0 Å². The molecule has 0 radical (unpaired) electrons. The van der Waals surface area contributed by atoms with Gasteiger partial charge in [-0.1, -0.05) is 0 Å². The van der Waals surface area contributed by atoms with Gasteiger partial charge in [-0.15, -0.1) is 0 Å². The molecule has 128 valence electrons. The first kappa shape index (κ1) is 17.8. The van der Waals surface area contributed by atoms with Gasteiger partial charge in [0.2, 0.25) is 0 Å². The predicted molar refractivity (Wildman–Crippen MR) is 109 cm³/mol. The molecule has 3 nitrogen and oxygen atoms in total. The standard InChI is InChI=1S/C21H22N2OTe/c1-22(2)17-9-5-15(6-10-17)20-13-19(24)14-21(25-20)16-7-11-18(12-8-16)23(3)4/h5-14H,1-4H3. The van der Waals surface area contributed by atoms with Crippen LogP contribution in [0.1, 0.15) is 0 Å². The summed E-state index contributed by atoms with van der Waals surface area (Å²) in [5.41, 5.74) is 4.76. The van der Waals surface area contributed by atoms with Crippen molar-refractivity contribution in [2.24, 2.45) is 0 Å². The summed E-state index contributed by atoms with van der Waals surface area (Å²) >= 11 is -0.588. The van der Waals surface area contributed by atoms with Crippen molar-refractivity contribution in [3.8, 4) is 18.3 Å². The van der Waals surface area contributed by atoms with Crippen molar-refractivity contribution in [1.29, 1.82) is 0 Å². The van der Waals surface area contributed by atoms with Crippen molar-refractivity contribution in [1.82, 2.24) is 0 Å². The molecule has 0 bridgehead atoms. The molecule has 0 atom stereocenters. The molecule has 25 heavy (non-hydrogen) atoms. The summed E-state index contributed by atoms with van der Waals surface area (Å²) in [4.78, 5) is 16.4. The van der Waals surface area contributed by atoms with Gasteiger partial charge in [0.25, 0.3) is 0 Å². The van der Waals surface area contributed by atoms with Crippen LogP contribution in [-0.2, 0) is 0 Å². The van der Waals surface area contributed by atoms with Gasteiger partial charge in [0.05, 0.1) is 0 Å². The molecule has 2 aromatic carbocycles. The van der Waals surface area contributed by atoms with E-state index in [1.165, 1.54) is 18.5 Å². The van der Waals surface area contributed by atoms with Gasteiger partial charge in [-0.2, -0.15) is 0 Å². The van der Waals surface area contributed by atoms with E-state index in [4.69, 9.17) is 0 Å². The first-order chi connectivity index (χ1) is 11.9. The molecule has 0 aliphatic heterocycles. The van der Waals surface area contributed by atoms with Crippen LogP contribution in [0.25, 0.3) is 18.3 Å². The summed E-state index contributed by atoms with van der Waals surface area (Å²) in [6, 6.07) is 20.5. The van der Waals surface area contributed by atoms with Crippen molar-refractivity contribution in [3.05, 3.63) is 70.9 Å². The molecule has 0 spiro atoms. The van der Waals surface area contributed by atoms with Crippen LogP contribution in [0.2, 0.25) is 0 Å². The minimum absolute atomic E-state index is 0.0923. The zero-order valence-electron chi connectivity index (χ0n) is 15.0. The Labute approximate surface area is 158 Å². The SMILES string of the molecule is CN(C)c1ccc(-c2cc(=O)cc(-c3ccc(N(C)C)cc3)[te]2)cc1. The Hall–Kier alpha value is -2.02. The fourth-order valence-corrected chi connectivity index (χ4v) is 5.73. The number of nitrogens with zero attached hydrogens (tertiary/aromatic N) is 2. The second-order valence-electron chi connectivity index (χ2n) is 6.40. The Bertz CT molecular complexity index is 837. The Morgan fingerprint density at radius 1 is 0.640 bits per heavy atom. The van der Waals surface area contributed by atoms with Crippen LogP contribution in [0, 0.1) is 0 Å². The third-order valence-corrected chi connectivity index (χ3v) is 7.38. The molecule has 3 aromatic rings. The summed E-state index contributed by atoms with van der Waals surface area (Å²) in [6.45, 7) is 0. The van der Waals surface area contributed by atoms with E-state index < -0.39 is 20.4 Å². The molecule has 0 amide bonds. The van der Waals surface area contributed by atoms with Crippen LogP contribution in [0.4, 0.5) is 11.4 Å². The molecule has 0 N–H and O–H groups in total. The molecule has 0 unspecified atom stereocenters. The van der Waals surface area contributed by atoms with Gasteiger partial charge in [0, 0.05) is 0 Å². The van der Waals surface area contributed by atoms with Crippen molar-refractivity contribution in [2.75, 3.05) is 38.0 Å². The third-order valence-electron chi connectivity index (χ3n) is 4.10. The maximum atomic E-state index is 12.2. The third kappa shape index (κ3) is 4.15. The number of hydrogen-bond acceptors (Lipinski definition) is 3. The summed E-state index contributed by atoms with van der Waals surface area (Å²) in [5, 5.41) is 0. The maximum absolute atomic E-state index is 12.2. The quantitative estimate of drug-likeness (QED) is 0.573. The monoisotopic (exact) mass is 448 g/mol. The first-order valence-corrected chi connectivity index (χ1v) is 10.5. The second kappa shape index (κ2) is 7.47. The van der Waals surface area contributed by atoms with Crippen LogP contribution < -0.4 is 15.2 Å². The van der Waals surface area contributed by atoms with Gasteiger partial charge < -0.3 is 0 Å². The van der Waals surface area contributed by atoms with E-state index in [1.54, 1.807) is 0 Å². The van der Waals surface area contributed by atoms with E-state index in [9.17, 15) is 4.79 Å². The average Bonchev–Trinajstić information content (AvgIpc) is 2.61. The summed E-state index contributed by atoms with van der Waals surface area (Å²) in [7, 11) is 8.13. The molecule has 4 heteroatoms. The van der Waals surface area contributed by atoms with Crippen LogP contribution in [0.5, 0.6) is 0 Å². The van der Waals surface area contributed by atoms with Crippen molar-refractivity contribution in [2.45, 2.75) is 0 Å². The molecule has 1 aromatic heterocycles. The molecule has 3 rings (SSSR count). The van der Waals surface area contributed by atoms with E-state index in [-0.39, 0.29) is 5.43 Å². The number of hydrogen-bond donors (Lipinski definition) is 0. The fourth-order valence-electron chi connectivity index (χ4n) is 2.61. The normalized spacial score (nSPS) is 10.6. The van der Waals surface area contributed by atoms with Crippen LogP contribution in [0.15, 0.2) is 65.5 Å². The number of rotatable bonds is 4. The van der Waals surface area contributed by atoms with Crippen molar-refractivity contribution in [3.63, 3.8) is 0 Å². The van der Waals surface area contributed by atoms with Crippen molar-refractivity contribution >= 4 is 31.8 Å². The van der Waals surface area contributed by atoms with Crippen LogP contribution in [-0.4, -0.2) is 48.6 Å².